The maximum absolute atomic E-state index is 14.1. The van der Waals surface area contributed by atoms with Crippen molar-refractivity contribution in [3.05, 3.63) is 255 Å². The van der Waals surface area contributed by atoms with Gasteiger partial charge in [-0.15, -0.1) is 0 Å². The number of nitrogens with one attached hydrogen (secondary N) is 1. The number of carbonyl (C=O) groups excluding carboxylic acids is 8. The number of aryl methyl sites for hydroxylation is 4. The van der Waals surface area contributed by atoms with Crippen LogP contribution >= 0.6 is 0 Å². The van der Waals surface area contributed by atoms with Crippen LogP contribution in [0.5, 0.6) is 11.5 Å². The fraction of sp³-hybridized carbons (Fsp3) is 0.392. The van der Waals surface area contributed by atoms with E-state index in [0.29, 0.717) is 81.1 Å². The Morgan fingerprint density at radius 1 is 0.507 bits per heavy atom. The minimum Gasteiger partial charge on any atom is -0.755 e. The maximum atomic E-state index is 14.1. The average Bonchev–Trinajstić information content (AvgIpc) is 1.68. The summed E-state index contributed by atoms with van der Waals surface area (Å²) < 4.78 is 102. The van der Waals surface area contributed by atoms with Crippen molar-refractivity contribution in [3.63, 3.8) is 0 Å². The van der Waals surface area contributed by atoms with Gasteiger partial charge in [0.25, 0.3) is 23.6 Å². The molecule has 1 aliphatic carbocycles. The van der Waals surface area contributed by atoms with Gasteiger partial charge < -0.3 is 59.1 Å². The molecule has 5 aliphatic rings. The topological polar surface area (TPSA) is 369 Å². The summed E-state index contributed by atoms with van der Waals surface area (Å²) in [6, 6.07) is 39.4. The predicted octanol–water partition coefficient (Wildman–Crippen LogP) is 15.1. The van der Waals surface area contributed by atoms with Gasteiger partial charge in [0.1, 0.15) is 24.7 Å². The number of anilines is 2. The van der Waals surface area contributed by atoms with Crippen LogP contribution < -0.4 is 23.4 Å². The summed E-state index contributed by atoms with van der Waals surface area (Å²) >= 11 is -2.96. The van der Waals surface area contributed by atoms with Crippen LogP contribution in [0.25, 0.3) is 11.1 Å². The van der Waals surface area contributed by atoms with E-state index in [1.165, 1.54) is 92.6 Å². The van der Waals surface area contributed by atoms with Crippen LogP contribution in [0.3, 0.4) is 0 Å². The molecule has 0 bridgehead atoms. The number of amides is 8. The molecule has 4 heterocycles. The van der Waals surface area contributed by atoms with E-state index < -0.39 is 74.0 Å². The number of ether oxygens (including phenoxy) is 8. The zero-order chi connectivity index (χ0) is 97.9. The number of benzene rings is 8. The number of azo groups is 2. The summed E-state index contributed by atoms with van der Waals surface area (Å²) in [6.07, 6.45) is 10.5. The lowest BCUT2D eigenvalue weighted by Crippen LogP contribution is -2.58. The van der Waals surface area contributed by atoms with E-state index in [4.69, 9.17) is 37.9 Å². The van der Waals surface area contributed by atoms with Crippen LogP contribution in [0.2, 0.25) is 0 Å². The number of hydrogen-bond donors (Lipinski definition) is 1. The average molecular weight is 1900 g/mol. The number of sulfonamides is 1. The number of ketones is 2. The molecule has 8 amide bonds. The third-order valence-electron chi connectivity index (χ3n) is 24.5. The molecule has 0 radical (unpaired) electrons. The highest BCUT2D eigenvalue weighted by atomic mass is 32.2. The Labute approximate surface area is 799 Å². The summed E-state index contributed by atoms with van der Waals surface area (Å²) in [5, 5.41) is 15.7. The number of fused-ring (bicyclic) bond motifs is 4. The van der Waals surface area contributed by atoms with Crippen molar-refractivity contribution in [3.8, 4) is 22.6 Å². The highest BCUT2D eigenvalue weighted by Gasteiger charge is 2.47. The maximum Gasteiger partial charge on any atom is 0.333 e. The van der Waals surface area contributed by atoms with Crippen LogP contribution in [0.15, 0.2) is 195 Å². The van der Waals surface area contributed by atoms with Crippen molar-refractivity contribution in [1.29, 1.82) is 0 Å². The van der Waals surface area contributed by atoms with Crippen molar-refractivity contribution < 1.29 is 98.0 Å². The summed E-state index contributed by atoms with van der Waals surface area (Å²) in [5.41, 5.74) is 17.9. The minimum atomic E-state index is -4.43. The van der Waals surface area contributed by atoms with Crippen molar-refractivity contribution in [2.45, 2.75) is 122 Å². The number of likely N-dealkylation sites (N-methyl/N-ethyl adjacent to an activating group) is 4. The second kappa shape index (κ2) is 47.4. The molecule has 1 atom stereocenters. The van der Waals surface area contributed by atoms with E-state index in [1.807, 2.05) is 48.5 Å². The van der Waals surface area contributed by atoms with Crippen LogP contribution in [-0.4, -0.2) is 256 Å². The first-order valence-corrected chi connectivity index (χ1v) is 46.9. The second-order valence-corrected chi connectivity index (χ2v) is 36.8. The van der Waals surface area contributed by atoms with Crippen molar-refractivity contribution in [1.82, 2.24) is 24.3 Å². The SMILES string of the molecule is COCCCN1C(=CC=CC2=[N+](CCCOC)c3ccccc3C2(C)C)C(C)(C)c2ccccc21.COCCCNS(=O)(=O)c1cc(N=NC2C(=O)N(C)C(=O)N(C)C2=O)ccc1-c1ccc(N=NC2C(=O)N(C)C(=O)N(C)C2=O)cc1N(CCCOC)S(=O)[O-].COCCOc1cc(C)c(Cc2ccc(Cc3c(C)cc(OCCOC)cc3C)c3c2C(=O)c2ccccc2C3=O)c(C)c1.[CH3-]. The molecule has 0 saturated carbocycles. The standard InChI is InChI=1S/C38H40O6.C32H40N10O12S2.C31H41N2O2.CH3/c1-23-17-29(43-15-13-41-5)18-24(2)33(23)21-27-11-12-28(22-34-25(3)19-30(20-26(34)4)44-16-14-42-6)36-35(27)37(39)31-9-7-8-10-32(31)38(36)40;1-38-27(43)25(28(44)39(2)31(38)47)36-34-19-9-11-21(23(17-19)42(55(49)50)14-8-16-54-6)22-12-10-20(18-24(22)56(51,52)33-13-7-15-53-5)35-37-26-29(45)40(3)32(48)41(4)30(26)46;1-30(2)24-14-7-9-16-26(24)32(20-12-22-34-5)28(30)18-11-19-29-31(3,4)25-15-8-10-17-27(25)33(29)21-13-23-35-6;/h7-12,17-20H,13-16,21-22H2,1-6H3;9-12,17-18,25-26,33H,7-8,13-16H2,1-6H3,(H,49,50);7-11,14-19H,12-13,20-23H2,1-6H3;1H3/q;;+1;-1/p-1. The largest absolute Gasteiger partial charge is 0.755 e. The zero-order valence-corrected chi connectivity index (χ0v) is 82.5. The van der Waals surface area contributed by atoms with Crippen LogP contribution in [0.4, 0.5) is 38.0 Å². The summed E-state index contributed by atoms with van der Waals surface area (Å²) in [4.78, 5) is 108. The van der Waals surface area contributed by atoms with E-state index in [0.717, 1.165) is 120 Å². The lowest BCUT2D eigenvalue weighted by Gasteiger charge is -2.30. The molecule has 13 rings (SSSR count). The number of imide groups is 4. The number of allylic oxidation sites excluding steroid dienone is 4. The quantitative estimate of drug-likeness (QED) is 0.00933. The molecule has 4 aliphatic heterocycles. The molecule has 0 spiro atoms. The number of carbonyl (C=O) groups is 8. The van der Waals surface area contributed by atoms with Gasteiger partial charge in [-0.3, -0.25) is 52.6 Å². The molecule has 32 nitrogen and oxygen atoms in total. The van der Waals surface area contributed by atoms with Gasteiger partial charge in [0.15, 0.2) is 23.8 Å². The Kier molecular flexibility index (Phi) is 36.9. The molecular weight excluding hydrogens is 1780 g/mol. The van der Waals surface area contributed by atoms with Gasteiger partial charge >= 0.3 is 12.1 Å². The first-order valence-electron chi connectivity index (χ1n) is 44.4. The first-order chi connectivity index (χ1) is 64.5. The Bertz CT molecular complexity index is 5890. The number of urea groups is 2. The van der Waals surface area contributed by atoms with E-state index >= 15 is 0 Å². The highest BCUT2D eigenvalue weighted by molar-refractivity contribution is 7.89. The van der Waals surface area contributed by atoms with Gasteiger partial charge in [-0.25, -0.2) is 22.7 Å². The van der Waals surface area contributed by atoms with Crippen molar-refractivity contribution in [2.24, 2.45) is 20.5 Å². The van der Waals surface area contributed by atoms with Gasteiger partial charge in [0, 0.05) is 196 Å². The minimum absolute atomic E-state index is 0. The summed E-state index contributed by atoms with van der Waals surface area (Å²) in [7, 11) is 9.96. The van der Waals surface area contributed by atoms with Crippen molar-refractivity contribution >= 4 is 103 Å². The third kappa shape index (κ3) is 23.6. The van der Waals surface area contributed by atoms with Gasteiger partial charge in [0.2, 0.25) is 27.8 Å². The Balaban J connectivity index is 0.000000216. The van der Waals surface area contributed by atoms with E-state index in [9.17, 15) is 55.5 Å². The number of methoxy groups -OCH3 is 6. The van der Waals surface area contributed by atoms with Gasteiger partial charge in [-0.2, -0.15) is 25.0 Å². The molecule has 0 aromatic heterocycles. The highest BCUT2D eigenvalue weighted by Crippen LogP contribution is 2.49. The number of barbiturate groups is 2. The molecule has 2 fully saturated rings. The van der Waals surface area contributed by atoms with E-state index in [1.54, 1.807) is 40.6 Å². The number of nitrogens with zero attached hydrogens (tertiary/aromatic N) is 11. The predicted molar refractivity (Wildman–Crippen MR) is 519 cm³/mol. The zero-order valence-electron chi connectivity index (χ0n) is 80.9. The smallest absolute Gasteiger partial charge is 0.333 e. The molecule has 1 N–H and O–H groups in total. The lowest BCUT2D eigenvalue weighted by molar-refractivity contribution is -0.438. The lowest BCUT2D eigenvalue weighted by atomic mass is 9.77. The molecule has 136 heavy (non-hydrogen) atoms. The number of hydrogen-bond acceptors (Lipinski definition) is 25. The van der Waals surface area contributed by atoms with Crippen LogP contribution in [0, 0.1) is 35.1 Å². The van der Waals surface area contributed by atoms with Gasteiger partial charge in [-0.1, -0.05) is 105 Å². The molecule has 8 aromatic carbocycles. The molecular formula is C102H123N12O20S2-. The monoisotopic (exact) mass is 1900 g/mol. The Hall–Kier alpha value is -12.4. The van der Waals surface area contributed by atoms with Crippen molar-refractivity contribution in [2.75, 3.05) is 159 Å². The van der Waals surface area contributed by atoms with Crippen LogP contribution in [0.1, 0.15) is 141 Å². The molecule has 1 unspecified atom stereocenters. The van der Waals surface area contributed by atoms with E-state index in [-0.39, 0.29) is 97.2 Å². The second-order valence-electron chi connectivity index (χ2n) is 34.2. The summed E-state index contributed by atoms with van der Waals surface area (Å²) in [5.74, 6) is -2.38. The fourth-order valence-electron chi connectivity index (χ4n) is 17.3. The summed E-state index contributed by atoms with van der Waals surface area (Å²) in [6.45, 7) is 23.2. The number of rotatable bonds is 39. The Morgan fingerprint density at radius 3 is 1.44 bits per heavy atom. The van der Waals surface area contributed by atoms with Gasteiger partial charge in [-0.05, 0) is 184 Å². The molecule has 724 valence electrons. The van der Waals surface area contributed by atoms with Gasteiger partial charge in [0.05, 0.1) is 47.2 Å². The van der Waals surface area contributed by atoms with E-state index in [2.05, 4.69) is 157 Å². The normalized spacial score (nSPS) is 15.9. The molecule has 8 aromatic rings. The first kappa shape index (κ1) is 106. The number of para-hydroxylation sites is 2. The third-order valence-corrected chi connectivity index (χ3v) is 26.7. The molecule has 34 heteroatoms. The molecule has 2 saturated heterocycles. The van der Waals surface area contributed by atoms with Crippen LogP contribution in [-0.2, 0) is 92.6 Å². The Morgan fingerprint density at radius 2 is 0.949 bits per heavy atom. The fourth-order valence-corrected chi connectivity index (χ4v) is 19.2.